The lowest BCUT2D eigenvalue weighted by molar-refractivity contribution is 0.473. The van der Waals surface area contributed by atoms with Gasteiger partial charge in [0.2, 0.25) is 0 Å². The number of nitrogens with zero attached hydrogens (tertiary/aromatic N) is 5. The number of aromatic nitrogens is 2. The van der Waals surface area contributed by atoms with Gasteiger partial charge >= 0.3 is 0 Å². The maximum Gasteiger partial charge on any atom is 0.264 e. The first-order chi connectivity index (χ1) is 7.95. The van der Waals surface area contributed by atoms with E-state index < -0.39 is 23.1 Å². The summed E-state index contributed by atoms with van der Waals surface area (Å²) in [4.78, 5) is 3.65. The summed E-state index contributed by atoms with van der Waals surface area (Å²) in [6.45, 7) is -0.832. The summed E-state index contributed by atoms with van der Waals surface area (Å²) in [6, 6.07) is 3.37. The van der Waals surface area contributed by atoms with Gasteiger partial charge in [0.1, 0.15) is 13.1 Å². The van der Waals surface area contributed by atoms with Gasteiger partial charge in [-0.05, 0) is 0 Å². The maximum absolute atomic E-state index is 12.1. The maximum atomic E-state index is 12.1. The van der Waals surface area contributed by atoms with Gasteiger partial charge in [0.25, 0.3) is 10.0 Å². The largest absolute Gasteiger partial charge is 0.381 e. The monoisotopic (exact) mass is 254 g/mol. The molecule has 0 bridgehead atoms. The van der Waals surface area contributed by atoms with Crippen LogP contribution in [0.1, 0.15) is 0 Å². The average molecular weight is 254 g/mol. The van der Waals surface area contributed by atoms with Crippen LogP contribution < -0.4 is 5.73 Å². The zero-order valence-corrected chi connectivity index (χ0v) is 9.85. The molecule has 17 heavy (non-hydrogen) atoms. The molecule has 0 fully saturated rings. The van der Waals surface area contributed by atoms with Gasteiger partial charge in [-0.15, -0.1) is 0 Å². The highest BCUT2D eigenvalue weighted by Gasteiger charge is 2.29. The molecule has 90 valence electrons. The molecule has 0 unspecified atom stereocenters. The van der Waals surface area contributed by atoms with E-state index in [-0.39, 0.29) is 10.8 Å². The molecule has 0 aliphatic carbocycles. The molecule has 0 aliphatic heterocycles. The van der Waals surface area contributed by atoms with Gasteiger partial charge in [-0.1, -0.05) is 0 Å². The Hall–Kier alpha value is -2.10. The molecule has 1 aromatic rings. The number of aryl methyl sites for hydroxylation is 1. The van der Waals surface area contributed by atoms with E-state index in [0.29, 0.717) is 0 Å². The van der Waals surface area contributed by atoms with Crippen LogP contribution in [0.2, 0.25) is 0 Å². The summed E-state index contributed by atoms with van der Waals surface area (Å²) in [7, 11) is -2.51. The topological polar surface area (TPSA) is 129 Å². The Labute approximate surface area is 98.5 Å². The van der Waals surface area contributed by atoms with Crippen molar-refractivity contribution in [3.05, 3.63) is 6.33 Å². The minimum Gasteiger partial charge on any atom is -0.381 e. The van der Waals surface area contributed by atoms with Crippen molar-refractivity contribution in [2.45, 2.75) is 5.03 Å². The lowest BCUT2D eigenvalue weighted by atomic mass is 10.6. The molecule has 0 radical (unpaired) electrons. The SMILES string of the molecule is Cn1cnc(N)c1S(=O)(=O)N(CC#N)CC#N. The zero-order chi connectivity index (χ0) is 13.1. The fraction of sp³-hybridized carbons (Fsp3) is 0.375. The zero-order valence-electron chi connectivity index (χ0n) is 9.03. The van der Waals surface area contributed by atoms with Gasteiger partial charge in [0, 0.05) is 7.05 Å². The second-order valence-corrected chi connectivity index (χ2v) is 4.99. The second-order valence-electron chi connectivity index (χ2n) is 3.14. The van der Waals surface area contributed by atoms with Crippen molar-refractivity contribution in [3.63, 3.8) is 0 Å². The fourth-order valence-corrected chi connectivity index (χ4v) is 2.69. The molecule has 1 heterocycles. The second kappa shape index (κ2) is 4.82. The van der Waals surface area contributed by atoms with E-state index >= 15 is 0 Å². The molecule has 9 heteroatoms. The normalized spacial score (nSPS) is 11.1. The number of nitriles is 2. The van der Waals surface area contributed by atoms with E-state index in [1.165, 1.54) is 17.9 Å². The Morgan fingerprint density at radius 2 is 2.00 bits per heavy atom. The molecule has 0 amide bonds. The van der Waals surface area contributed by atoms with Crippen molar-refractivity contribution >= 4 is 15.8 Å². The standard InChI is InChI=1S/C8H10N6O2S/c1-13-6-12-7(11)8(13)17(15,16)14(4-2-9)5-3-10/h6H,4-5,11H2,1H3. The number of nitrogen functional groups attached to an aromatic ring is 1. The molecule has 0 saturated carbocycles. The first-order valence-electron chi connectivity index (χ1n) is 4.46. The van der Waals surface area contributed by atoms with Crippen LogP contribution in [0.3, 0.4) is 0 Å². The minimum absolute atomic E-state index is 0.159. The third-order valence-electron chi connectivity index (χ3n) is 1.99. The number of hydrogen-bond acceptors (Lipinski definition) is 6. The molecule has 0 aromatic carbocycles. The predicted octanol–water partition coefficient (Wildman–Crippen LogP) is -0.960. The van der Waals surface area contributed by atoms with Gasteiger partial charge in [0.15, 0.2) is 10.8 Å². The molecular weight excluding hydrogens is 244 g/mol. The lowest BCUT2D eigenvalue weighted by Gasteiger charge is -2.16. The Morgan fingerprint density at radius 3 is 2.35 bits per heavy atom. The first kappa shape index (κ1) is 13.0. The lowest BCUT2D eigenvalue weighted by Crippen LogP contribution is -2.33. The Morgan fingerprint density at radius 1 is 1.47 bits per heavy atom. The van der Waals surface area contributed by atoms with Crippen molar-refractivity contribution < 1.29 is 8.42 Å². The number of rotatable bonds is 4. The van der Waals surface area contributed by atoms with E-state index in [1.807, 2.05) is 0 Å². The third kappa shape index (κ3) is 2.36. The number of hydrogen-bond donors (Lipinski definition) is 1. The van der Waals surface area contributed by atoms with Crippen molar-refractivity contribution in [3.8, 4) is 12.1 Å². The highest BCUT2D eigenvalue weighted by atomic mass is 32.2. The van der Waals surface area contributed by atoms with Crippen molar-refractivity contribution in [1.82, 2.24) is 13.9 Å². The molecule has 1 aromatic heterocycles. The quantitative estimate of drug-likeness (QED) is 0.689. The van der Waals surface area contributed by atoms with Gasteiger partial charge in [0.05, 0.1) is 18.5 Å². The van der Waals surface area contributed by atoms with Crippen molar-refractivity contribution in [1.29, 1.82) is 10.5 Å². The van der Waals surface area contributed by atoms with Gasteiger partial charge in [-0.3, -0.25) is 0 Å². The molecule has 8 nitrogen and oxygen atoms in total. The van der Waals surface area contributed by atoms with Crippen LogP contribution in [0, 0.1) is 22.7 Å². The summed E-state index contributed by atoms with van der Waals surface area (Å²) < 4.78 is 26.2. The van der Waals surface area contributed by atoms with Crippen molar-refractivity contribution in [2.24, 2.45) is 7.05 Å². The van der Waals surface area contributed by atoms with Crippen LogP contribution in [-0.2, 0) is 17.1 Å². The molecule has 0 saturated heterocycles. The van der Waals surface area contributed by atoms with E-state index in [9.17, 15) is 8.42 Å². The van der Waals surface area contributed by atoms with Gasteiger partial charge in [-0.2, -0.15) is 14.8 Å². The van der Waals surface area contributed by atoms with E-state index in [4.69, 9.17) is 16.3 Å². The molecule has 1 rings (SSSR count). The van der Waals surface area contributed by atoms with Crippen molar-refractivity contribution in [2.75, 3.05) is 18.8 Å². The molecular formula is C8H10N6O2S. The summed E-state index contributed by atoms with van der Waals surface area (Å²) in [5.74, 6) is -0.159. The van der Waals surface area contributed by atoms with E-state index in [2.05, 4.69) is 4.98 Å². The van der Waals surface area contributed by atoms with Gasteiger partial charge in [-0.25, -0.2) is 13.4 Å². The summed E-state index contributed by atoms with van der Waals surface area (Å²) in [6.07, 6.45) is 1.25. The third-order valence-corrected chi connectivity index (χ3v) is 3.91. The van der Waals surface area contributed by atoms with Crippen LogP contribution in [0.5, 0.6) is 0 Å². The number of imidazole rings is 1. The number of nitrogens with two attached hydrogens (primary N) is 1. The highest BCUT2D eigenvalue weighted by molar-refractivity contribution is 7.89. The minimum atomic E-state index is -3.98. The van der Waals surface area contributed by atoms with Crippen LogP contribution in [0.4, 0.5) is 5.82 Å². The fourth-order valence-electron chi connectivity index (χ4n) is 1.26. The average Bonchev–Trinajstić information content (AvgIpc) is 2.58. The summed E-state index contributed by atoms with van der Waals surface area (Å²) in [5, 5.41) is 16.9. The van der Waals surface area contributed by atoms with Crippen LogP contribution in [-0.4, -0.2) is 35.4 Å². The highest BCUT2D eigenvalue weighted by Crippen LogP contribution is 2.19. The molecule has 2 N–H and O–H groups in total. The number of anilines is 1. The molecule has 0 aliphatic rings. The van der Waals surface area contributed by atoms with Crippen LogP contribution in [0.25, 0.3) is 0 Å². The predicted molar refractivity (Wildman–Crippen MR) is 57.6 cm³/mol. The Bertz CT molecular complexity index is 555. The Kier molecular flexibility index (Phi) is 3.68. The van der Waals surface area contributed by atoms with Crippen LogP contribution >= 0.6 is 0 Å². The van der Waals surface area contributed by atoms with Crippen LogP contribution in [0.15, 0.2) is 11.4 Å². The van der Waals surface area contributed by atoms with E-state index in [0.717, 1.165) is 4.31 Å². The smallest absolute Gasteiger partial charge is 0.264 e. The first-order valence-corrected chi connectivity index (χ1v) is 5.90. The Balaban J connectivity index is 3.28. The van der Waals surface area contributed by atoms with E-state index in [1.54, 1.807) is 12.1 Å². The molecule has 0 atom stereocenters. The summed E-state index contributed by atoms with van der Waals surface area (Å²) >= 11 is 0. The number of sulfonamides is 1. The van der Waals surface area contributed by atoms with Gasteiger partial charge < -0.3 is 10.3 Å². The molecule has 0 spiro atoms. The summed E-state index contributed by atoms with van der Waals surface area (Å²) in [5.41, 5.74) is 5.45.